The Morgan fingerprint density at radius 2 is 2.16 bits per heavy atom. The smallest absolute Gasteiger partial charge is 0.255 e. The van der Waals surface area contributed by atoms with Crippen LogP contribution in [0.3, 0.4) is 0 Å². The van der Waals surface area contributed by atoms with Crippen molar-refractivity contribution in [3.8, 4) is 5.88 Å². The lowest BCUT2D eigenvalue weighted by atomic mass is 9.78. The molecule has 2 fully saturated rings. The molecule has 2 saturated heterocycles. The van der Waals surface area contributed by atoms with Crippen LogP contribution in [0.25, 0.3) is 0 Å². The molecule has 25 heavy (non-hydrogen) atoms. The first-order chi connectivity index (χ1) is 12.2. The van der Waals surface area contributed by atoms with E-state index in [0.29, 0.717) is 17.4 Å². The number of methoxy groups -OCH3 is 2. The zero-order valence-corrected chi connectivity index (χ0v) is 15.2. The van der Waals surface area contributed by atoms with Gasteiger partial charge in [-0.2, -0.15) is 0 Å². The van der Waals surface area contributed by atoms with Gasteiger partial charge in [0.25, 0.3) is 5.91 Å². The van der Waals surface area contributed by atoms with Crippen LogP contribution in [0.4, 0.5) is 0 Å². The number of hydrogen-bond donors (Lipinski definition) is 0. The molecule has 0 bridgehead atoms. The molecule has 1 unspecified atom stereocenters. The van der Waals surface area contributed by atoms with E-state index in [4.69, 9.17) is 14.2 Å². The predicted molar refractivity (Wildman–Crippen MR) is 93.8 cm³/mol. The average Bonchev–Trinajstić information content (AvgIpc) is 2.67. The molecule has 0 aromatic carbocycles. The maximum absolute atomic E-state index is 12.7. The molecule has 1 aromatic rings. The second-order valence-corrected chi connectivity index (χ2v) is 7.05. The lowest BCUT2D eigenvalue weighted by Crippen LogP contribution is -2.50. The highest BCUT2D eigenvalue weighted by atomic mass is 16.5. The van der Waals surface area contributed by atoms with E-state index in [1.165, 1.54) is 0 Å². The Labute approximate surface area is 149 Å². The lowest BCUT2D eigenvalue weighted by molar-refractivity contribution is -0.125. The van der Waals surface area contributed by atoms with E-state index in [2.05, 4.69) is 4.98 Å². The molecule has 1 spiro atoms. The summed E-state index contributed by atoms with van der Waals surface area (Å²) in [5.41, 5.74) is 0.560. The van der Waals surface area contributed by atoms with Crippen molar-refractivity contribution in [1.82, 2.24) is 9.88 Å². The van der Waals surface area contributed by atoms with Crippen LogP contribution in [-0.4, -0.2) is 61.9 Å². The fourth-order valence-corrected chi connectivity index (χ4v) is 3.94. The summed E-state index contributed by atoms with van der Waals surface area (Å²) in [5, 5.41) is 0. The molecule has 1 amide bonds. The lowest BCUT2D eigenvalue weighted by Gasteiger charge is -2.46. The number of aromatic nitrogens is 1. The Morgan fingerprint density at radius 1 is 1.36 bits per heavy atom. The number of rotatable bonds is 5. The molecule has 2 aliphatic heterocycles. The number of carbonyl (C=O) groups excluding carboxylic acids is 1. The molecular weight excluding hydrogens is 320 g/mol. The summed E-state index contributed by atoms with van der Waals surface area (Å²) in [5.74, 6) is 1.23. The average molecular weight is 348 g/mol. The number of hydrogen-bond acceptors (Lipinski definition) is 5. The fraction of sp³-hybridized carbons (Fsp3) is 0.684. The highest BCUT2D eigenvalue weighted by molar-refractivity contribution is 5.94. The van der Waals surface area contributed by atoms with Crippen LogP contribution in [0.5, 0.6) is 5.88 Å². The van der Waals surface area contributed by atoms with Crippen LogP contribution in [0.2, 0.25) is 0 Å². The third kappa shape index (κ3) is 4.30. The Morgan fingerprint density at radius 3 is 2.80 bits per heavy atom. The van der Waals surface area contributed by atoms with Crippen molar-refractivity contribution >= 4 is 5.91 Å². The van der Waals surface area contributed by atoms with Crippen LogP contribution in [0.1, 0.15) is 42.5 Å². The summed E-state index contributed by atoms with van der Waals surface area (Å²) in [6, 6.07) is 3.50. The van der Waals surface area contributed by atoms with Gasteiger partial charge in [0, 0.05) is 45.7 Å². The molecule has 0 saturated carbocycles. The van der Waals surface area contributed by atoms with Crippen LogP contribution < -0.4 is 4.74 Å². The number of carbonyl (C=O) groups is 1. The molecule has 0 radical (unpaired) electrons. The quantitative estimate of drug-likeness (QED) is 0.818. The fourth-order valence-electron chi connectivity index (χ4n) is 3.94. The minimum Gasteiger partial charge on any atom is -0.481 e. The number of likely N-dealkylation sites (tertiary alicyclic amines) is 1. The maximum atomic E-state index is 12.7. The van der Waals surface area contributed by atoms with Gasteiger partial charge in [-0.25, -0.2) is 4.98 Å². The van der Waals surface area contributed by atoms with E-state index in [1.54, 1.807) is 32.5 Å². The molecule has 3 rings (SSSR count). The Balaban J connectivity index is 1.56. The van der Waals surface area contributed by atoms with E-state index in [-0.39, 0.29) is 11.5 Å². The molecular formula is C19H28N2O4. The van der Waals surface area contributed by atoms with Gasteiger partial charge in [0.2, 0.25) is 5.88 Å². The molecule has 6 nitrogen and oxygen atoms in total. The zero-order chi connectivity index (χ0) is 17.7. The second kappa shape index (κ2) is 8.15. The third-order valence-corrected chi connectivity index (χ3v) is 5.48. The molecule has 2 aliphatic rings. The largest absolute Gasteiger partial charge is 0.481 e. The van der Waals surface area contributed by atoms with Gasteiger partial charge in [0.05, 0.1) is 18.3 Å². The van der Waals surface area contributed by atoms with Gasteiger partial charge < -0.3 is 19.1 Å². The minimum absolute atomic E-state index is 0.0387. The number of amides is 1. The van der Waals surface area contributed by atoms with Crippen molar-refractivity contribution in [1.29, 1.82) is 0 Å². The molecule has 0 N–H and O–H groups in total. The monoisotopic (exact) mass is 348 g/mol. The summed E-state index contributed by atoms with van der Waals surface area (Å²) >= 11 is 0. The zero-order valence-electron chi connectivity index (χ0n) is 15.2. The van der Waals surface area contributed by atoms with E-state index >= 15 is 0 Å². The standard InChI is InChI=1S/C19H28N2O4/c1-23-11-5-15-6-12-25-19(13-15)7-9-21(10-8-19)18(22)16-3-4-17(24-2)20-14-16/h3-4,14-15H,5-13H2,1-2H3. The van der Waals surface area contributed by atoms with Gasteiger partial charge in [0.15, 0.2) is 0 Å². The van der Waals surface area contributed by atoms with E-state index < -0.39 is 0 Å². The summed E-state index contributed by atoms with van der Waals surface area (Å²) in [4.78, 5) is 18.7. The molecule has 1 atom stereocenters. The van der Waals surface area contributed by atoms with Crippen molar-refractivity contribution in [3.63, 3.8) is 0 Å². The molecule has 138 valence electrons. The molecule has 0 aliphatic carbocycles. The summed E-state index contributed by atoms with van der Waals surface area (Å²) in [6.45, 7) is 3.12. The molecule has 6 heteroatoms. The highest BCUT2D eigenvalue weighted by Gasteiger charge is 2.41. The summed E-state index contributed by atoms with van der Waals surface area (Å²) in [7, 11) is 3.32. The van der Waals surface area contributed by atoms with Crippen LogP contribution >= 0.6 is 0 Å². The first-order valence-corrected chi connectivity index (χ1v) is 9.08. The Kier molecular flexibility index (Phi) is 5.91. The predicted octanol–water partition coefficient (Wildman–Crippen LogP) is 2.53. The number of nitrogens with zero attached hydrogens (tertiary/aromatic N) is 2. The summed E-state index contributed by atoms with van der Waals surface area (Å²) in [6.07, 6.45) is 6.70. The molecule has 3 heterocycles. The van der Waals surface area contributed by atoms with E-state index in [1.807, 2.05) is 4.90 Å². The number of piperidine rings is 1. The summed E-state index contributed by atoms with van der Waals surface area (Å²) < 4.78 is 16.4. The second-order valence-electron chi connectivity index (χ2n) is 7.05. The Bertz CT molecular complexity index is 567. The van der Waals surface area contributed by atoms with Crippen molar-refractivity contribution in [2.45, 2.75) is 37.7 Å². The topological polar surface area (TPSA) is 60.9 Å². The van der Waals surface area contributed by atoms with Gasteiger partial charge in [-0.05, 0) is 44.1 Å². The maximum Gasteiger partial charge on any atom is 0.255 e. The SMILES string of the molecule is COCCC1CCOC2(CCN(C(=O)c3ccc(OC)nc3)CC2)C1. The van der Waals surface area contributed by atoms with Gasteiger partial charge in [-0.3, -0.25) is 4.79 Å². The van der Waals surface area contributed by atoms with E-state index in [9.17, 15) is 4.79 Å². The highest BCUT2D eigenvalue weighted by Crippen LogP contribution is 2.39. The first-order valence-electron chi connectivity index (χ1n) is 9.08. The van der Waals surface area contributed by atoms with Gasteiger partial charge >= 0.3 is 0 Å². The first kappa shape index (κ1) is 18.1. The number of pyridine rings is 1. The van der Waals surface area contributed by atoms with Crippen molar-refractivity contribution in [2.24, 2.45) is 5.92 Å². The normalized spacial score (nSPS) is 22.8. The van der Waals surface area contributed by atoms with E-state index in [0.717, 1.165) is 58.4 Å². The Hall–Kier alpha value is -1.66. The molecule has 1 aromatic heterocycles. The van der Waals surface area contributed by atoms with Crippen molar-refractivity contribution in [3.05, 3.63) is 23.9 Å². The van der Waals surface area contributed by atoms with Crippen LogP contribution in [0.15, 0.2) is 18.3 Å². The van der Waals surface area contributed by atoms with Crippen molar-refractivity contribution < 1.29 is 19.0 Å². The van der Waals surface area contributed by atoms with Gasteiger partial charge in [0.1, 0.15) is 0 Å². The third-order valence-electron chi connectivity index (χ3n) is 5.48. The minimum atomic E-state index is -0.0500. The number of ether oxygens (including phenoxy) is 3. The van der Waals surface area contributed by atoms with Gasteiger partial charge in [-0.15, -0.1) is 0 Å². The van der Waals surface area contributed by atoms with Crippen LogP contribution in [-0.2, 0) is 9.47 Å². The van der Waals surface area contributed by atoms with Crippen LogP contribution in [0, 0.1) is 5.92 Å². The van der Waals surface area contributed by atoms with Crippen molar-refractivity contribution in [2.75, 3.05) is 40.5 Å². The van der Waals surface area contributed by atoms with Gasteiger partial charge in [-0.1, -0.05) is 0 Å².